The number of carboxylic acids is 1. The summed E-state index contributed by atoms with van der Waals surface area (Å²) in [7, 11) is 0. The molecule has 0 spiro atoms. The Bertz CT molecular complexity index is 318. The Hall–Kier alpha value is -1.10. The van der Waals surface area contributed by atoms with Gasteiger partial charge in [0, 0.05) is 0 Å². The van der Waals surface area contributed by atoms with Gasteiger partial charge < -0.3 is 9.84 Å². The van der Waals surface area contributed by atoms with E-state index in [4.69, 9.17) is 4.74 Å². The Balaban J connectivity index is 4.72. The zero-order chi connectivity index (χ0) is 15.3. The van der Waals surface area contributed by atoms with Crippen LogP contribution in [0, 0.1) is 10.8 Å². The highest BCUT2D eigenvalue weighted by Crippen LogP contribution is 2.35. The van der Waals surface area contributed by atoms with Crippen LogP contribution in [0.15, 0.2) is 0 Å². The van der Waals surface area contributed by atoms with Gasteiger partial charge in [0.05, 0.1) is 13.2 Å². The summed E-state index contributed by atoms with van der Waals surface area (Å²) in [4.78, 5) is 22.7. The first kappa shape index (κ1) is 17.9. The number of aliphatic carboxylic acids is 1. The van der Waals surface area contributed by atoms with E-state index in [-0.39, 0.29) is 12.0 Å². The van der Waals surface area contributed by atoms with Gasteiger partial charge in [0.15, 0.2) is 0 Å². The molecule has 0 aromatic rings. The van der Waals surface area contributed by atoms with Crippen LogP contribution in [0.4, 0.5) is 0 Å². The fraction of sp³-hybridized carbons (Fsp3) is 0.857. The molecular weight excluding hydrogens is 246 g/mol. The Morgan fingerprint density at radius 3 is 2.11 bits per heavy atom. The number of rotatable bonds is 7. The largest absolute Gasteiger partial charge is 0.480 e. The molecule has 0 saturated carbocycles. The predicted octanol–water partition coefficient (Wildman–Crippen LogP) is 2.05. The number of carboxylic acid groups (broad SMARTS) is 1. The van der Waals surface area contributed by atoms with Crippen molar-refractivity contribution >= 4 is 11.9 Å². The van der Waals surface area contributed by atoms with E-state index in [0.29, 0.717) is 6.61 Å². The molecule has 0 aliphatic heterocycles. The van der Waals surface area contributed by atoms with Gasteiger partial charge in [-0.2, -0.15) is 0 Å². The van der Waals surface area contributed by atoms with Crippen LogP contribution in [0.5, 0.6) is 0 Å². The third kappa shape index (κ3) is 7.15. The van der Waals surface area contributed by atoms with Crippen molar-refractivity contribution < 1.29 is 19.4 Å². The molecule has 0 saturated heterocycles. The quantitative estimate of drug-likeness (QED) is 0.694. The monoisotopic (exact) mass is 273 g/mol. The van der Waals surface area contributed by atoms with Crippen LogP contribution in [0.3, 0.4) is 0 Å². The second-order valence-corrected chi connectivity index (χ2v) is 6.68. The molecule has 0 bridgehead atoms. The van der Waals surface area contributed by atoms with Gasteiger partial charge in [-0.1, -0.05) is 34.6 Å². The molecule has 5 heteroatoms. The lowest BCUT2D eigenvalue weighted by atomic mass is 9.72. The topological polar surface area (TPSA) is 75.6 Å². The molecule has 0 unspecified atom stereocenters. The van der Waals surface area contributed by atoms with Crippen molar-refractivity contribution in [2.75, 3.05) is 13.2 Å². The van der Waals surface area contributed by atoms with E-state index in [2.05, 4.69) is 26.1 Å². The summed E-state index contributed by atoms with van der Waals surface area (Å²) in [6.45, 7) is 11.9. The second kappa shape index (κ2) is 6.89. The smallest absolute Gasteiger partial charge is 0.321 e. The summed E-state index contributed by atoms with van der Waals surface area (Å²) in [6, 6.07) is -0.781. The molecule has 0 fully saturated rings. The summed E-state index contributed by atoms with van der Waals surface area (Å²) in [5, 5.41) is 12.1. The normalized spacial score (nSPS) is 14.0. The number of hydrogen-bond acceptors (Lipinski definition) is 4. The van der Waals surface area contributed by atoms with Crippen molar-refractivity contribution in [2.24, 2.45) is 10.8 Å². The highest BCUT2D eigenvalue weighted by molar-refractivity contribution is 5.77. The van der Waals surface area contributed by atoms with Crippen LogP contribution in [-0.2, 0) is 14.3 Å². The van der Waals surface area contributed by atoms with E-state index < -0.39 is 23.4 Å². The zero-order valence-corrected chi connectivity index (χ0v) is 12.9. The Morgan fingerprint density at radius 2 is 1.74 bits per heavy atom. The lowest BCUT2D eigenvalue weighted by Gasteiger charge is -2.37. The molecule has 5 nitrogen and oxygen atoms in total. The van der Waals surface area contributed by atoms with Crippen LogP contribution in [0.25, 0.3) is 0 Å². The molecule has 0 radical (unpaired) electrons. The van der Waals surface area contributed by atoms with Gasteiger partial charge >= 0.3 is 11.9 Å². The maximum atomic E-state index is 11.4. The summed E-state index contributed by atoms with van der Waals surface area (Å²) >= 11 is 0. The standard InChI is InChI=1S/C14H27NO4/c1-7-19-10(16)8-15-11(12(17)18)14(5,6)9-13(2,3)4/h11,15H,7-9H2,1-6H3,(H,17,18)/t11-/m1/s1. The summed E-state index contributed by atoms with van der Waals surface area (Å²) in [5.74, 6) is -1.38. The first-order chi connectivity index (χ1) is 8.49. The van der Waals surface area contributed by atoms with Crippen LogP contribution in [-0.4, -0.2) is 36.2 Å². The molecule has 0 rings (SSSR count). The number of nitrogens with one attached hydrogen (secondary N) is 1. The first-order valence-electron chi connectivity index (χ1n) is 6.61. The number of esters is 1. The predicted molar refractivity (Wildman–Crippen MR) is 73.9 cm³/mol. The third-order valence-corrected chi connectivity index (χ3v) is 2.77. The minimum Gasteiger partial charge on any atom is -0.480 e. The van der Waals surface area contributed by atoms with Crippen molar-refractivity contribution in [3.05, 3.63) is 0 Å². The Labute approximate surface area is 115 Å². The van der Waals surface area contributed by atoms with Crippen molar-refractivity contribution in [3.8, 4) is 0 Å². The number of ether oxygens (including phenoxy) is 1. The van der Waals surface area contributed by atoms with Gasteiger partial charge in [0.25, 0.3) is 0 Å². The number of carbonyl (C=O) groups is 2. The highest BCUT2D eigenvalue weighted by Gasteiger charge is 2.38. The second-order valence-electron chi connectivity index (χ2n) is 6.68. The fourth-order valence-electron chi connectivity index (χ4n) is 2.56. The molecular formula is C14H27NO4. The Morgan fingerprint density at radius 1 is 1.21 bits per heavy atom. The molecule has 0 heterocycles. The molecule has 0 aromatic carbocycles. The zero-order valence-electron chi connectivity index (χ0n) is 12.9. The molecule has 19 heavy (non-hydrogen) atoms. The molecule has 0 aliphatic rings. The van der Waals surface area contributed by atoms with E-state index >= 15 is 0 Å². The minimum atomic E-state index is -0.946. The number of hydrogen-bond donors (Lipinski definition) is 2. The lowest BCUT2D eigenvalue weighted by molar-refractivity contribution is -0.145. The lowest BCUT2D eigenvalue weighted by Crippen LogP contribution is -2.50. The maximum Gasteiger partial charge on any atom is 0.321 e. The molecule has 1 atom stereocenters. The average Bonchev–Trinajstić information content (AvgIpc) is 2.12. The van der Waals surface area contributed by atoms with E-state index in [0.717, 1.165) is 6.42 Å². The number of carbonyl (C=O) groups excluding carboxylic acids is 1. The summed E-state index contributed by atoms with van der Waals surface area (Å²) < 4.78 is 4.79. The van der Waals surface area contributed by atoms with E-state index in [1.165, 1.54) is 0 Å². The van der Waals surface area contributed by atoms with Gasteiger partial charge in [-0.25, -0.2) is 0 Å². The van der Waals surface area contributed by atoms with Gasteiger partial charge in [0.2, 0.25) is 0 Å². The van der Waals surface area contributed by atoms with Crippen LogP contribution in [0.1, 0.15) is 48.0 Å². The Kier molecular flexibility index (Phi) is 6.49. The average molecular weight is 273 g/mol. The molecule has 112 valence electrons. The third-order valence-electron chi connectivity index (χ3n) is 2.77. The first-order valence-corrected chi connectivity index (χ1v) is 6.61. The minimum absolute atomic E-state index is 0.0167. The van der Waals surface area contributed by atoms with Gasteiger partial charge in [-0.3, -0.25) is 14.9 Å². The highest BCUT2D eigenvalue weighted by atomic mass is 16.5. The SMILES string of the molecule is CCOC(=O)CN[C@H](C(=O)O)C(C)(C)CC(C)(C)C. The molecule has 0 aliphatic carbocycles. The van der Waals surface area contributed by atoms with Crippen molar-refractivity contribution in [2.45, 2.75) is 54.0 Å². The molecule has 0 aromatic heterocycles. The fourth-order valence-corrected chi connectivity index (χ4v) is 2.56. The van der Waals surface area contributed by atoms with E-state index in [1.54, 1.807) is 6.92 Å². The van der Waals surface area contributed by atoms with Crippen molar-refractivity contribution in [1.29, 1.82) is 0 Å². The van der Waals surface area contributed by atoms with E-state index in [1.807, 2.05) is 13.8 Å². The maximum absolute atomic E-state index is 11.4. The van der Waals surface area contributed by atoms with Gasteiger partial charge in [-0.15, -0.1) is 0 Å². The van der Waals surface area contributed by atoms with Crippen LogP contribution < -0.4 is 5.32 Å². The molecule has 0 amide bonds. The molecule has 2 N–H and O–H groups in total. The van der Waals surface area contributed by atoms with Gasteiger partial charge in [0.1, 0.15) is 6.04 Å². The van der Waals surface area contributed by atoms with Gasteiger partial charge in [-0.05, 0) is 24.2 Å². The van der Waals surface area contributed by atoms with Crippen molar-refractivity contribution in [1.82, 2.24) is 5.32 Å². The van der Waals surface area contributed by atoms with E-state index in [9.17, 15) is 14.7 Å². The van der Waals surface area contributed by atoms with Crippen LogP contribution in [0.2, 0.25) is 0 Å². The van der Waals surface area contributed by atoms with Crippen LogP contribution >= 0.6 is 0 Å². The summed E-state index contributed by atoms with van der Waals surface area (Å²) in [6.07, 6.45) is 0.729. The summed E-state index contributed by atoms with van der Waals surface area (Å²) in [5.41, 5.74) is -0.445. The van der Waals surface area contributed by atoms with Crippen molar-refractivity contribution in [3.63, 3.8) is 0 Å².